The second-order valence-corrected chi connectivity index (χ2v) is 4.16. The van der Waals surface area contributed by atoms with Crippen molar-refractivity contribution in [3.8, 4) is 11.5 Å². The summed E-state index contributed by atoms with van der Waals surface area (Å²) in [6, 6.07) is 0. The highest BCUT2D eigenvalue weighted by Crippen LogP contribution is 2.11. The van der Waals surface area contributed by atoms with Crippen molar-refractivity contribution in [3.05, 3.63) is 6.92 Å². The van der Waals surface area contributed by atoms with E-state index in [0.29, 0.717) is 0 Å². The maximum atomic E-state index is 3.50. The van der Waals surface area contributed by atoms with Gasteiger partial charge in [-0.1, -0.05) is 26.7 Å². The molecule has 0 aromatic rings. The molecule has 0 aromatic heterocycles. The van der Waals surface area contributed by atoms with Crippen molar-refractivity contribution in [1.29, 1.82) is 0 Å². The predicted octanol–water partition coefficient (Wildman–Crippen LogP) is 1.56. The van der Waals surface area contributed by atoms with Crippen molar-refractivity contribution in [3.63, 3.8) is 0 Å². The van der Waals surface area contributed by atoms with Gasteiger partial charge >= 0.3 is 0 Å². The van der Waals surface area contributed by atoms with E-state index in [9.17, 15) is 0 Å². The van der Waals surface area contributed by atoms with Gasteiger partial charge in [-0.25, -0.2) is 0 Å². The number of hydrogen-bond acceptors (Lipinski definition) is 0. The lowest BCUT2D eigenvalue weighted by Gasteiger charge is -2.04. The normalized spacial score (nSPS) is 10.2. The average Bonchev–Trinajstić information content (AvgIpc) is 1.91. The van der Waals surface area contributed by atoms with Crippen LogP contribution in [0.3, 0.4) is 0 Å². The standard InChI is InChI=1S/C8H15Si/c1-4-7-9-8(5-2)6-3/h8H,1,5-6,9H2,2-3H3. The highest BCUT2D eigenvalue weighted by atomic mass is 28.2. The summed E-state index contributed by atoms with van der Waals surface area (Å²) in [7, 11) is -0.0984. The van der Waals surface area contributed by atoms with Crippen LogP contribution in [0, 0.1) is 18.4 Å². The molecule has 0 aliphatic heterocycles. The summed E-state index contributed by atoms with van der Waals surface area (Å²) in [5.74, 6) is 2.73. The molecule has 0 N–H and O–H groups in total. The zero-order chi connectivity index (χ0) is 7.11. The molecule has 0 aromatic carbocycles. The molecule has 51 valence electrons. The maximum absolute atomic E-state index is 3.50. The van der Waals surface area contributed by atoms with Gasteiger partial charge in [0, 0.05) is 6.92 Å². The first kappa shape index (κ1) is 8.78. The molecule has 0 amide bonds. The van der Waals surface area contributed by atoms with Gasteiger partial charge in [-0.3, -0.25) is 0 Å². The Labute approximate surface area is 60.9 Å². The Morgan fingerprint density at radius 3 is 2.33 bits per heavy atom. The molecule has 0 atom stereocenters. The van der Waals surface area contributed by atoms with Crippen LogP contribution in [0.4, 0.5) is 0 Å². The van der Waals surface area contributed by atoms with E-state index < -0.39 is 0 Å². The molecule has 0 unspecified atom stereocenters. The van der Waals surface area contributed by atoms with Gasteiger partial charge in [-0.2, -0.15) is 0 Å². The molecule has 0 nitrogen and oxygen atoms in total. The summed E-state index contributed by atoms with van der Waals surface area (Å²) in [6.07, 6.45) is 2.61. The van der Waals surface area contributed by atoms with Gasteiger partial charge in [0.1, 0.15) is 9.52 Å². The van der Waals surface area contributed by atoms with Crippen LogP contribution in [0.5, 0.6) is 0 Å². The van der Waals surface area contributed by atoms with E-state index in [0.717, 1.165) is 5.54 Å². The fourth-order valence-electron chi connectivity index (χ4n) is 0.794. The average molecular weight is 139 g/mol. The molecule has 0 aliphatic carbocycles. The molecule has 9 heavy (non-hydrogen) atoms. The van der Waals surface area contributed by atoms with Crippen LogP contribution in [0.1, 0.15) is 26.7 Å². The quantitative estimate of drug-likeness (QED) is 0.411. The first-order valence-corrected chi connectivity index (χ1v) is 5.12. The van der Waals surface area contributed by atoms with Crippen LogP contribution in [0.25, 0.3) is 0 Å². The van der Waals surface area contributed by atoms with E-state index in [1.165, 1.54) is 12.8 Å². The second kappa shape index (κ2) is 5.91. The molecule has 0 bridgehead atoms. The van der Waals surface area contributed by atoms with Crippen LogP contribution >= 0.6 is 0 Å². The zero-order valence-corrected chi connectivity index (χ0v) is 7.82. The van der Waals surface area contributed by atoms with Gasteiger partial charge in [0.2, 0.25) is 0 Å². The molecular weight excluding hydrogens is 124 g/mol. The Morgan fingerprint density at radius 1 is 1.44 bits per heavy atom. The first-order valence-electron chi connectivity index (χ1n) is 3.60. The maximum Gasteiger partial charge on any atom is 0.110 e. The zero-order valence-electron chi connectivity index (χ0n) is 6.41. The van der Waals surface area contributed by atoms with Gasteiger partial charge in [0.05, 0.1) is 0 Å². The molecule has 0 heterocycles. The van der Waals surface area contributed by atoms with Gasteiger partial charge < -0.3 is 0 Å². The summed E-state index contributed by atoms with van der Waals surface area (Å²) in [4.78, 5) is 0. The Morgan fingerprint density at radius 2 is 2.00 bits per heavy atom. The van der Waals surface area contributed by atoms with E-state index >= 15 is 0 Å². The molecule has 0 saturated heterocycles. The molecule has 1 heteroatoms. The van der Waals surface area contributed by atoms with Crippen LogP contribution in [-0.2, 0) is 0 Å². The summed E-state index contributed by atoms with van der Waals surface area (Å²) in [6.45, 7) is 7.98. The molecule has 0 aliphatic rings. The third-order valence-electron chi connectivity index (χ3n) is 1.67. The predicted molar refractivity (Wildman–Crippen MR) is 46.0 cm³/mol. The van der Waals surface area contributed by atoms with Gasteiger partial charge in [0.15, 0.2) is 0 Å². The fraction of sp³-hybridized carbons (Fsp3) is 0.625. The minimum Gasteiger partial charge on any atom is -0.139 e. The molecule has 0 rings (SSSR count). The molecule has 1 radical (unpaired) electrons. The smallest absolute Gasteiger partial charge is 0.110 e. The summed E-state index contributed by atoms with van der Waals surface area (Å²) in [5.41, 5.74) is 4.06. The van der Waals surface area contributed by atoms with Gasteiger partial charge in [-0.15, -0.1) is 11.5 Å². The first-order chi connectivity index (χ1) is 4.35. The third-order valence-corrected chi connectivity index (χ3v) is 3.86. The molecule has 0 spiro atoms. The number of hydrogen-bond donors (Lipinski definition) is 0. The van der Waals surface area contributed by atoms with Crippen molar-refractivity contribution in [2.24, 2.45) is 0 Å². The third kappa shape index (κ3) is 4.29. The lowest BCUT2D eigenvalue weighted by atomic mass is 10.3. The highest BCUT2D eigenvalue weighted by molar-refractivity contribution is 6.47. The highest BCUT2D eigenvalue weighted by Gasteiger charge is 1.99. The van der Waals surface area contributed by atoms with Crippen LogP contribution in [0.15, 0.2) is 0 Å². The van der Waals surface area contributed by atoms with E-state index in [4.69, 9.17) is 0 Å². The van der Waals surface area contributed by atoms with E-state index in [1.54, 1.807) is 0 Å². The van der Waals surface area contributed by atoms with Gasteiger partial charge in [0.25, 0.3) is 0 Å². The van der Waals surface area contributed by atoms with E-state index in [2.05, 4.69) is 32.2 Å². The molecule has 0 fully saturated rings. The van der Waals surface area contributed by atoms with Crippen molar-refractivity contribution < 1.29 is 0 Å². The van der Waals surface area contributed by atoms with E-state index in [-0.39, 0.29) is 9.52 Å². The van der Waals surface area contributed by atoms with Crippen molar-refractivity contribution >= 4 is 9.52 Å². The van der Waals surface area contributed by atoms with Gasteiger partial charge in [-0.05, 0) is 5.54 Å². The largest absolute Gasteiger partial charge is 0.139 e. The Hall–Kier alpha value is -0.223. The summed E-state index contributed by atoms with van der Waals surface area (Å²) >= 11 is 0. The minimum absolute atomic E-state index is 0.0984. The Bertz CT molecular complexity index is 103. The van der Waals surface area contributed by atoms with Crippen LogP contribution in [-0.4, -0.2) is 9.52 Å². The SMILES string of the molecule is [CH2]C#C[SiH2]C(CC)CC. The topological polar surface area (TPSA) is 0 Å². The van der Waals surface area contributed by atoms with Crippen molar-refractivity contribution in [1.82, 2.24) is 0 Å². The minimum atomic E-state index is -0.0984. The Balaban J connectivity index is 3.39. The van der Waals surface area contributed by atoms with Crippen LogP contribution < -0.4 is 0 Å². The molecule has 0 saturated carbocycles. The Kier molecular flexibility index (Phi) is 5.76. The van der Waals surface area contributed by atoms with Crippen molar-refractivity contribution in [2.75, 3.05) is 0 Å². The second-order valence-electron chi connectivity index (χ2n) is 2.24. The number of rotatable bonds is 3. The van der Waals surface area contributed by atoms with E-state index in [1.807, 2.05) is 0 Å². The lowest BCUT2D eigenvalue weighted by Crippen LogP contribution is -1.97. The monoisotopic (exact) mass is 139 g/mol. The summed E-state index contributed by atoms with van der Waals surface area (Å²) < 4.78 is 0. The lowest BCUT2D eigenvalue weighted by molar-refractivity contribution is 0.764. The van der Waals surface area contributed by atoms with Crippen LogP contribution in [0.2, 0.25) is 5.54 Å². The van der Waals surface area contributed by atoms with Crippen molar-refractivity contribution in [2.45, 2.75) is 32.2 Å². The fourth-order valence-corrected chi connectivity index (χ4v) is 1.80. The molecular formula is C8H15Si. The summed E-state index contributed by atoms with van der Waals surface area (Å²) in [5, 5.41) is 0.